The van der Waals surface area contributed by atoms with Crippen molar-refractivity contribution in [1.29, 1.82) is 0 Å². The summed E-state index contributed by atoms with van der Waals surface area (Å²) in [6.45, 7) is 9.48. The summed E-state index contributed by atoms with van der Waals surface area (Å²) in [6, 6.07) is 54.6. The number of benzene rings is 6. The van der Waals surface area contributed by atoms with E-state index in [1.165, 1.54) is 50.9 Å². The van der Waals surface area contributed by atoms with E-state index in [1.54, 1.807) is 0 Å². The molecule has 0 radical (unpaired) electrons. The van der Waals surface area contributed by atoms with E-state index in [-0.39, 0.29) is 10.8 Å². The van der Waals surface area contributed by atoms with Gasteiger partial charge in [-0.25, -0.2) is 15.0 Å². The lowest BCUT2D eigenvalue weighted by Gasteiger charge is -2.42. The highest BCUT2D eigenvalue weighted by Gasteiger charge is 2.47. The molecule has 0 saturated heterocycles. The molecule has 0 unspecified atom stereocenters. The monoisotopic (exact) mass is 659 g/mol. The minimum absolute atomic E-state index is 0.0706. The molecule has 51 heavy (non-hydrogen) atoms. The molecule has 0 spiro atoms. The van der Waals surface area contributed by atoms with E-state index in [9.17, 15) is 0 Å². The lowest BCUT2D eigenvalue weighted by Crippen LogP contribution is -2.33. The van der Waals surface area contributed by atoms with Crippen molar-refractivity contribution < 1.29 is 0 Å². The maximum Gasteiger partial charge on any atom is 0.164 e. The third-order valence-electron chi connectivity index (χ3n) is 11.5. The average molecular weight is 660 g/mol. The van der Waals surface area contributed by atoms with Crippen molar-refractivity contribution in [3.8, 4) is 45.3 Å². The number of fused-ring (bicyclic) bond motifs is 4. The quantitative estimate of drug-likeness (QED) is 0.185. The SMILES string of the molecule is CC1(C)CCC(C)(C)c2cc(-c3nc(-c4ccccc4)nc(-c4cccc5c4-c4ccccc4C5(c4ccccc4)c4ccccc4)n3)ccc21. The summed E-state index contributed by atoms with van der Waals surface area (Å²) >= 11 is 0. The molecule has 0 atom stereocenters. The minimum atomic E-state index is -0.501. The van der Waals surface area contributed by atoms with Crippen LogP contribution in [-0.2, 0) is 16.2 Å². The Morgan fingerprint density at radius 1 is 0.392 bits per heavy atom. The Bertz CT molecular complexity index is 2370. The molecule has 248 valence electrons. The van der Waals surface area contributed by atoms with E-state index in [0.29, 0.717) is 17.5 Å². The van der Waals surface area contributed by atoms with Crippen molar-refractivity contribution in [3.63, 3.8) is 0 Å². The fraction of sp³-hybridized carbons (Fsp3) is 0.188. The highest BCUT2D eigenvalue weighted by Crippen LogP contribution is 2.58. The van der Waals surface area contributed by atoms with Gasteiger partial charge in [-0.2, -0.15) is 0 Å². The number of rotatable bonds is 5. The Morgan fingerprint density at radius 3 is 1.57 bits per heavy atom. The van der Waals surface area contributed by atoms with Gasteiger partial charge in [0.1, 0.15) is 0 Å². The molecule has 6 aromatic carbocycles. The summed E-state index contributed by atoms with van der Waals surface area (Å²) in [5, 5.41) is 0. The summed E-state index contributed by atoms with van der Waals surface area (Å²) in [7, 11) is 0. The zero-order chi connectivity index (χ0) is 34.8. The Hall–Kier alpha value is -5.67. The molecular formula is C48H41N3. The molecule has 7 aromatic rings. The van der Waals surface area contributed by atoms with Crippen LogP contribution >= 0.6 is 0 Å². The Kier molecular flexibility index (Phi) is 7.19. The first-order chi connectivity index (χ1) is 24.8. The van der Waals surface area contributed by atoms with Crippen LogP contribution in [0, 0.1) is 0 Å². The van der Waals surface area contributed by atoms with Gasteiger partial charge in [-0.05, 0) is 74.2 Å². The van der Waals surface area contributed by atoms with E-state index >= 15 is 0 Å². The van der Waals surface area contributed by atoms with Gasteiger partial charge in [0.05, 0.1) is 5.41 Å². The van der Waals surface area contributed by atoms with Crippen molar-refractivity contribution >= 4 is 0 Å². The highest BCUT2D eigenvalue weighted by molar-refractivity contribution is 5.94. The Morgan fingerprint density at radius 2 is 0.902 bits per heavy atom. The van der Waals surface area contributed by atoms with Crippen LogP contribution in [0.4, 0.5) is 0 Å². The van der Waals surface area contributed by atoms with Gasteiger partial charge in [-0.3, -0.25) is 0 Å². The maximum atomic E-state index is 5.35. The molecule has 9 rings (SSSR count). The van der Waals surface area contributed by atoms with Gasteiger partial charge in [0.15, 0.2) is 17.5 Å². The molecule has 3 nitrogen and oxygen atoms in total. The van der Waals surface area contributed by atoms with Gasteiger partial charge in [0, 0.05) is 16.7 Å². The molecule has 0 fully saturated rings. The minimum Gasteiger partial charge on any atom is -0.208 e. The number of hydrogen-bond donors (Lipinski definition) is 0. The lowest BCUT2D eigenvalue weighted by molar-refractivity contribution is 0.332. The lowest BCUT2D eigenvalue weighted by atomic mass is 9.63. The molecule has 0 amide bonds. The van der Waals surface area contributed by atoms with Gasteiger partial charge in [-0.1, -0.05) is 173 Å². The van der Waals surface area contributed by atoms with Crippen LogP contribution in [0.3, 0.4) is 0 Å². The Labute approximate surface area is 301 Å². The molecule has 2 aliphatic rings. The van der Waals surface area contributed by atoms with Gasteiger partial charge in [0.2, 0.25) is 0 Å². The van der Waals surface area contributed by atoms with E-state index in [2.05, 4.69) is 161 Å². The normalized spacial score (nSPS) is 16.2. The molecule has 2 aliphatic carbocycles. The second-order valence-corrected chi connectivity index (χ2v) is 15.5. The molecule has 0 N–H and O–H groups in total. The van der Waals surface area contributed by atoms with Crippen LogP contribution < -0.4 is 0 Å². The summed E-state index contributed by atoms with van der Waals surface area (Å²) in [4.78, 5) is 15.8. The first-order valence-electron chi connectivity index (χ1n) is 18.1. The fourth-order valence-corrected chi connectivity index (χ4v) is 8.75. The zero-order valence-electron chi connectivity index (χ0n) is 29.7. The van der Waals surface area contributed by atoms with E-state index in [4.69, 9.17) is 15.0 Å². The van der Waals surface area contributed by atoms with Gasteiger partial charge in [0.25, 0.3) is 0 Å². The van der Waals surface area contributed by atoms with Crippen molar-refractivity contribution in [2.75, 3.05) is 0 Å². The number of hydrogen-bond acceptors (Lipinski definition) is 3. The highest BCUT2D eigenvalue weighted by atomic mass is 15.0. The largest absolute Gasteiger partial charge is 0.208 e. The summed E-state index contributed by atoms with van der Waals surface area (Å²) in [5.41, 5.74) is 12.9. The second kappa shape index (κ2) is 11.7. The Balaban J connectivity index is 1.32. The van der Waals surface area contributed by atoms with E-state index < -0.39 is 5.41 Å². The van der Waals surface area contributed by atoms with Gasteiger partial charge in [-0.15, -0.1) is 0 Å². The first kappa shape index (κ1) is 31.3. The molecule has 1 heterocycles. The van der Waals surface area contributed by atoms with Crippen LogP contribution in [0.5, 0.6) is 0 Å². The standard InChI is InChI=1S/C48H41N3/c1-46(2)29-30-47(3,4)41-31-33(27-28-39(41)46)44-49-43(32-17-8-5-9-18-32)50-45(51-44)37-24-16-26-40-42(37)36-23-14-15-25-38(36)48(40,34-19-10-6-11-20-34)35-21-12-7-13-22-35/h5-28,31H,29-30H2,1-4H3. The van der Waals surface area contributed by atoms with Crippen molar-refractivity contribution in [2.24, 2.45) is 0 Å². The van der Waals surface area contributed by atoms with Crippen LogP contribution in [0.15, 0.2) is 152 Å². The van der Waals surface area contributed by atoms with E-state index in [1.807, 2.05) is 18.2 Å². The predicted octanol–water partition coefficient (Wildman–Crippen LogP) is 11.6. The van der Waals surface area contributed by atoms with Crippen molar-refractivity contribution in [3.05, 3.63) is 185 Å². The van der Waals surface area contributed by atoms with Crippen LogP contribution in [-0.4, -0.2) is 15.0 Å². The third kappa shape index (κ3) is 4.90. The smallest absolute Gasteiger partial charge is 0.164 e. The summed E-state index contributed by atoms with van der Waals surface area (Å²) < 4.78 is 0. The van der Waals surface area contributed by atoms with E-state index in [0.717, 1.165) is 23.1 Å². The topological polar surface area (TPSA) is 38.7 Å². The molecule has 3 heteroatoms. The molecule has 0 bridgehead atoms. The maximum absolute atomic E-state index is 5.35. The molecule has 1 aromatic heterocycles. The molecular weight excluding hydrogens is 619 g/mol. The van der Waals surface area contributed by atoms with Crippen LogP contribution in [0.1, 0.15) is 73.9 Å². The fourth-order valence-electron chi connectivity index (χ4n) is 8.75. The summed E-state index contributed by atoms with van der Waals surface area (Å²) in [6.07, 6.45) is 2.32. The third-order valence-corrected chi connectivity index (χ3v) is 11.5. The van der Waals surface area contributed by atoms with Crippen LogP contribution in [0.25, 0.3) is 45.3 Å². The first-order valence-corrected chi connectivity index (χ1v) is 18.1. The predicted molar refractivity (Wildman–Crippen MR) is 209 cm³/mol. The second-order valence-electron chi connectivity index (χ2n) is 15.5. The van der Waals surface area contributed by atoms with Crippen molar-refractivity contribution in [2.45, 2.75) is 56.8 Å². The molecule has 0 aliphatic heterocycles. The van der Waals surface area contributed by atoms with Gasteiger partial charge >= 0.3 is 0 Å². The number of aromatic nitrogens is 3. The zero-order valence-corrected chi connectivity index (χ0v) is 29.7. The summed E-state index contributed by atoms with van der Waals surface area (Å²) in [5.74, 6) is 2.05. The van der Waals surface area contributed by atoms with Crippen molar-refractivity contribution in [1.82, 2.24) is 15.0 Å². The number of nitrogens with zero attached hydrogens (tertiary/aromatic N) is 3. The molecule has 0 saturated carbocycles. The van der Waals surface area contributed by atoms with Gasteiger partial charge < -0.3 is 0 Å². The average Bonchev–Trinajstić information content (AvgIpc) is 3.49. The van der Waals surface area contributed by atoms with Crippen LogP contribution in [0.2, 0.25) is 0 Å².